The van der Waals surface area contributed by atoms with E-state index in [1.807, 2.05) is 24.3 Å². The van der Waals surface area contributed by atoms with E-state index in [0.29, 0.717) is 23.8 Å². The summed E-state index contributed by atoms with van der Waals surface area (Å²) < 4.78 is 11.2. The summed E-state index contributed by atoms with van der Waals surface area (Å²) in [5, 5.41) is 2.40. The number of nitrogens with two attached hydrogens (primary N) is 1. The Labute approximate surface area is 123 Å². The molecule has 3 rings (SSSR count). The molecule has 0 spiro atoms. The summed E-state index contributed by atoms with van der Waals surface area (Å²) in [6.07, 6.45) is 0. The first kappa shape index (κ1) is 13.3. The van der Waals surface area contributed by atoms with Crippen LogP contribution in [-0.4, -0.2) is 7.11 Å². The summed E-state index contributed by atoms with van der Waals surface area (Å²) in [6, 6.07) is 19.9. The van der Waals surface area contributed by atoms with Gasteiger partial charge in [-0.1, -0.05) is 42.5 Å². The molecule has 0 bridgehead atoms. The third-order valence-corrected chi connectivity index (χ3v) is 3.45. The first-order valence-electron chi connectivity index (χ1n) is 6.81. The van der Waals surface area contributed by atoms with E-state index in [0.717, 1.165) is 5.56 Å². The van der Waals surface area contributed by atoms with Crippen molar-refractivity contribution in [1.82, 2.24) is 0 Å². The van der Waals surface area contributed by atoms with Crippen LogP contribution in [0.2, 0.25) is 0 Å². The molecular weight excluding hydrogens is 262 g/mol. The van der Waals surface area contributed by atoms with E-state index >= 15 is 0 Å². The average Bonchev–Trinajstić information content (AvgIpc) is 2.53. The molecule has 21 heavy (non-hydrogen) atoms. The van der Waals surface area contributed by atoms with E-state index in [4.69, 9.17) is 15.2 Å². The molecule has 0 fully saturated rings. The van der Waals surface area contributed by atoms with E-state index in [-0.39, 0.29) is 0 Å². The van der Waals surface area contributed by atoms with Gasteiger partial charge in [0.1, 0.15) is 6.61 Å². The molecule has 3 aromatic rings. The zero-order valence-corrected chi connectivity index (χ0v) is 11.9. The molecule has 0 aliphatic heterocycles. The predicted octanol–water partition coefficient (Wildman–Crippen LogP) is 4.01. The van der Waals surface area contributed by atoms with Gasteiger partial charge in [0.25, 0.3) is 0 Å². The van der Waals surface area contributed by atoms with Crippen molar-refractivity contribution in [3.63, 3.8) is 0 Å². The quantitative estimate of drug-likeness (QED) is 0.734. The first-order chi connectivity index (χ1) is 10.3. The van der Waals surface area contributed by atoms with Gasteiger partial charge in [0.2, 0.25) is 0 Å². The number of fused-ring (bicyclic) bond motifs is 1. The third kappa shape index (κ3) is 2.77. The molecule has 3 nitrogen and oxygen atoms in total. The van der Waals surface area contributed by atoms with Crippen LogP contribution in [0.3, 0.4) is 0 Å². The summed E-state index contributed by atoms with van der Waals surface area (Å²) in [5.41, 5.74) is 7.60. The van der Waals surface area contributed by atoms with E-state index in [9.17, 15) is 0 Å². The molecule has 0 saturated heterocycles. The van der Waals surface area contributed by atoms with Gasteiger partial charge in [-0.3, -0.25) is 0 Å². The topological polar surface area (TPSA) is 44.5 Å². The predicted molar refractivity (Wildman–Crippen MR) is 85.7 cm³/mol. The van der Waals surface area contributed by atoms with Crippen molar-refractivity contribution < 1.29 is 9.47 Å². The average molecular weight is 279 g/mol. The molecule has 3 heteroatoms. The smallest absolute Gasteiger partial charge is 0.163 e. The molecule has 2 N–H and O–H groups in total. The molecule has 0 heterocycles. The zero-order valence-electron chi connectivity index (χ0n) is 11.9. The fourth-order valence-electron chi connectivity index (χ4n) is 2.38. The van der Waals surface area contributed by atoms with Gasteiger partial charge in [0, 0.05) is 11.8 Å². The number of hydrogen-bond acceptors (Lipinski definition) is 3. The Hall–Kier alpha value is -2.68. The molecule has 0 saturated carbocycles. The van der Waals surface area contributed by atoms with E-state index in [2.05, 4.69) is 24.3 Å². The summed E-state index contributed by atoms with van der Waals surface area (Å²) in [7, 11) is 1.62. The molecule has 0 unspecified atom stereocenters. The number of ether oxygens (including phenoxy) is 2. The third-order valence-electron chi connectivity index (χ3n) is 3.45. The fourth-order valence-corrected chi connectivity index (χ4v) is 2.38. The van der Waals surface area contributed by atoms with E-state index < -0.39 is 0 Å². The van der Waals surface area contributed by atoms with Crippen molar-refractivity contribution >= 4 is 16.5 Å². The second kappa shape index (κ2) is 5.75. The SMILES string of the molecule is COc1ccc(N)cc1OCc1cccc2ccccc12. The minimum absolute atomic E-state index is 0.473. The molecule has 0 aromatic heterocycles. The van der Waals surface area contributed by atoms with Gasteiger partial charge in [-0.25, -0.2) is 0 Å². The zero-order chi connectivity index (χ0) is 14.7. The number of hydrogen-bond donors (Lipinski definition) is 1. The highest BCUT2D eigenvalue weighted by atomic mass is 16.5. The van der Waals surface area contributed by atoms with Crippen LogP contribution >= 0.6 is 0 Å². The van der Waals surface area contributed by atoms with Crippen LogP contribution in [0.4, 0.5) is 5.69 Å². The monoisotopic (exact) mass is 279 g/mol. The lowest BCUT2D eigenvalue weighted by molar-refractivity contribution is 0.286. The van der Waals surface area contributed by atoms with Gasteiger partial charge in [-0.15, -0.1) is 0 Å². The van der Waals surface area contributed by atoms with Crippen LogP contribution in [0.25, 0.3) is 10.8 Å². The Morgan fingerprint density at radius 1 is 0.905 bits per heavy atom. The number of benzene rings is 3. The lowest BCUT2D eigenvalue weighted by Crippen LogP contribution is -1.99. The lowest BCUT2D eigenvalue weighted by atomic mass is 10.1. The first-order valence-corrected chi connectivity index (χ1v) is 6.81. The van der Waals surface area contributed by atoms with Crippen molar-refractivity contribution in [3.8, 4) is 11.5 Å². The van der Waals surface area contributed by atoms with Gasteiger partial charge in [-0.2, -0.15) is 0 Å². The van der Waals surface area contributed by atoms with Gasteiger partial charge in [0.05, 0.1) is 7.11 Å². The number of anilines is 1. The normalized spacial score (nSPS) is 10.5. The van der Waals surface area contributed by atoms with Gasteiger partial charge < -0.3 is 15.2 Å². The second-order valence-corrected chi connectivity index (χ2v) is 4.84. The second-order valence-electron chi connectivity index (χ2n) is 4.84. The number of nitrogen functional groups attached to an aromatic ring is 1. The standard InChI is InChI=1S/C18H17NO2/c1-20-17-10-9-15(19)11-18(17)21-12-14-7-4-6-13-5-2-3-8-16(13)14/h2-11H,12,19H2,1H3. The fraction of sp³-hybridized carbons (Fsp3) is 0.111. The molecule has 106 valence electrons. The number of rotatable bonds is 4. The Kier molecular flexibility index (Phi) is 3.65. The molecule has 0 amide bonds. The highest BCUT2D eigenvalue weighted by molar-refractivity contribution is 5.85. The van der Waals surface area contributed by atoms with Crippen LogP contribution in [0.5, 0.6) is 11.5 Å². The highest BCUT2D eigenvalue weighted by Gasteiger charge is 2.06. The van der Waals surface area contributed by atoms with E-state index in [1.54, 1.807) is 19.2 Å². The summed E-state index contributed by atoms with van der Waals surface area (Å²) >= 11 is 0. The Balaban J connectivity index is 1.89. The minimum atomic E-state index is 0.473. The van der Waals surface area contributed by atoms with Gasteiger partial charge >= 0.3 is 0 Å². The van der Waals surface area contributed by atoms with Crippen LogP contribution in [0, 0.1) is 0 Å². The maximum atomic E-state index is 5.90. The van der Waals surface area contributed by atoms with Crippen molar-refractivity contribution in [2.75, 3.05) is 12.8 Å². The molecule has 0 aliphatic carbocycles. The highest BCUT2D eigenvalue weighted by Crippen LogP contribution is 2.30. The van der Waals surface area contributed by atoms with Crippen LogP contribution in [0.1, 0.15) is 5.56 Å². The Morgan fingerprint density at radius 3 is 2.57 bits per heavy atom. The van der Waals surface area contributed by atoms with Gasteiger partial charge in [-0.05, 0) is 28.5 Å². The van der Waals surface area contributed by atoms with Crippen molar-refractivity contribution in [2.24, 2.45) is 0 Å². The summed E-state index contributed by atoms with van der Waals surface area (Å²) in [5.74, 6) is 1.34. The number of methoxy groups -OCH3 is 1. The summed E-state index contributed by atoms with van der Waals surface area (Å²) in [4.78, 5) is 0. The largest absolute Gasteiger partial charge is 0.493 e. The molecular formula is C18H17NO2. The maximum Gasteiger partial charge on any atom is 0.163 e. The minimum Gasteiger partial charge on any atom is -0.493 e. The van der Waals surface area contributed by atoms with Crippen molar-refractivity contribution in [3.05, 3.63) is 66.2 Å². The molecule has 0 radical (unpaired) electrons. The Morgan fingerprint density at radius 2 is 1.71 bits per heavy atom. The van der Waals surface area contributed by atoms with Crippen LogP contribution in [0.15, 0.2) is 60.7 Å². The van der Waals surface area contributed by atoms with Gasteiger partial charge in [0.15, 0.2) is 11.5 Å². The van der Waals surface area contributed by atoms with E-state index in [1.165, 1.54) is 10.8 Å². The van der Waals surface area contributed by atoms with Crippen molar-refractivity contribution in [2.45, 2.75) is 6.61 Å². The molecule has 0 atom stereocenters. The maximum absolute atomic E-state index is 5.90. The van der Waals surface area contributed by atoms with Crippen molar-refractivity contribution in [1.29, 1.82) is 0 Å². The molecule has 3 aromatic carbocycles. The Bertz CT molecular complexity index is 763. The van der Waals surface area contributed by atoms with Crippen LogP contribution < -0.4 is 15.2 Å². The lowest BCUT2D eigenvalue weighted by Gasteiger charge is -2.12. The summed E-state index contributed by atoms with van der Waals surface area (Å²) in [6.45, 7) is 0.473. The van der Waals surface area contributed by atoms with Crippen LogP contribution in [-0.2, 0) is 6.61 Å². The molecule has 0 aliphatic rings.